The number of benzene rings is 2. The molecule has 0 saturated heterocycles. The Kier molecular flexibility index (Phi) is 3.16. The predicted molar refractivity (Wildman–Crippen MR) is 80.8 cm³/mol. The lowest BCUT2D eigenvalue weighted by Crippen LogP contribution is -1.97. The highest BCUT2D eigenvalue weighted by molar-refractivity contribution is 6.31. The van der Waals surface area contributed by atoms with Crippen LogP contribution in [-0.2, 0) is 0 Å². The number of anilines is 3. The van der Waals surface area contributed by atoms with Crippen LogP contribution in [0.15, 0.2) is 48.5 Å². The van der Waals surface area contributed by atoms with E-state index in [9.17, 15) is 4.39 Å². The topological polar surface area (TPSA) is 50.9 Å². The molecule has 5 heteroatoms. The summed E-state index contributed by atoms with van der Waals surface area (Å²) in [6.07, 6.45) is 0. The summed E-state index contributed by atoms with van der Waals surface area (Å²) in [7, 11) is 0. The van der Waals surface area contributed by atoms with E-state index in [0.717, 1.165) is 10.9 Å². The molecule has 0 spiro atoms. The van der Waals surface area contributed by atoms with Gasteiger partial charge in [-0.1, -0.05) is 17.7 Å². The Morgan fingerprint density at radius 1 is 1.10 bits per heavy atom. The number of fused-ring (bicyclic) bond motifs is 1. The zero-order valence-corrected chi connectivity index (χ0v) is 11.2. The summed E-state index contributed by atoms with van der Waals surface area (Å²) >= 11 is 5.74. The van der Waals surface area contributed by atoms with E-state index in [1.54, 1.807) is 24.3 Å². The minimum Gasteiger partial charge on any atom is -0.399 e. The largest absolute Gasteiger partial charge is 0.399 e. The zero-order chi connectivity index (χ0) is 14.1. The molecule has 0 aliphatic rings. The quantitative estimate of drug-likeness (QED) is 0.689. The van der Waals surface area contributed by atoms with Gasteiger partial charge < -0.3 is 11.1 Å². The molecule has 0 bridgehead atoms. The molecule has 0 unspecified atom stereocenters. The highest BCUT2D eigenvalue weighted by Crippen LogP contribution is 2.25. The summed E-state index contributed by atoms with van der Waals surface area (Å²) in [4.78, 5) is 4.41. The first-order valence-corrected chi connectivity index (χ1v) is 6.38. The van der Waals surface area contributed by atoms with Crippen molar-refractivity contribution in [3.63, 3.8) is 0 Å². The highest BCUT2D eigenvalue weighted by atomic mass is 35.5. The summed E-state index contributed by atoms with van der Waals surface area (Å²) in [5.41, 5.74) is 7.47. The van der Waals surface area contributed by atoms with E-state index >= 15 is 0 Å². The summed E-state index contributed by atoms with van der Waals surface area (Å²) < 4.78 is 13.8. The molecule has 2 aromatic carbocycles. The van der Waals surface area contributed by atoms with Crippen LogP contribution in [0.1, 0.15) is 0 Å². The lowest BCUT2D eigenvalue weighted by molar-refractivity contribution is 0.632. The Labute approximate surface area is 120 Å². The number of aromatic nitrogens is 1. The van der Waals surface area contributed by atoms with E-state index in [4.69, 9.17) is 17.3 Å². The molecule has 0 amide bonds. The lowest BCUT2D eigenvalue weighted by atomic mass is 10.2. The van der Waals surface area contributed by atoms with Crippen molar-refractivity contribution >= 4 is 39.7 Å². The number of nitrogen functional groups attached to an aromatic ring is 1. The number of hydrogen-bond acceptors (Lipinski definition) is 3. The van der Waals surface area contributed by atoms with Crippen LogP contribution in [0.3, 0.4) is 0 Å². The first kappa shape index (κ1) is 12.7. The van der Waals surface area contributed by atoms with E-state index in [-0.39, 0.29) is 5.02 Å². The Bertz CT molecular complexity index is 789. The van der Waals surface area contributed by atoms with Crippen molar-refractivity contribution in [2.45, 2.75) is 0 Å². The molecule has 3 N–H and O–H groups in total. The molecule has 20 heavy (non-hydrogen) atoms. The summed E-state index contributed by atoms with van der Waals surface area (Å²) in [5.74, 6) is 0.0526. The van der Waals surface area contributed by atoms with Crippen molar-refractivity contribution in [3.05, 3.63) is 59.4 Å². The van der Waals surface area contributed by atoms with Crippen LogP contribution in [-0.4, -0.2) is 4.98 Å². The monoisotopic (exact) mass is 287 g/mol. The molecule has 0 fully saturated rings. The van der Waals surface area contributed by atoms with Crippen LogP contribution < -0.4 is 11.1 Å². The molecule has 0 aliphatic heterocycles. The predicted octanol–water partition coefficient (Wildman–Crippen LogP) is 4.35. The van der Waals surface area contributed by atoms with E-state index in [0.29, 0.717) is 17.2 Å². The molecule has 0 aliphatic carbocycles. The van der Waals surface area contributed by atoms with Crippen LogP contribution >= 0.6 is 11.6 Å². The highest BCUT2D eigenvalue weighted by Gasteiger charge is 2.07. The molecule has 1 aromatic heterocycles. The maximum absolute atomic E-state index is 13.8. The first-order valence-electron chi connectivity index (χ1n) is 6.01. The van der Waals surface area contributed by atoms with Crippen molar-refractivity contribution in [1.82, 2.24) is 4.98 Å². The molecule has 3 nitrogen and oxygen atoms in total. The van der Waals surface area contributed by atoms with Crippen LogP contribution in [0, 0.1) is 5.82 Å². The first-order chi connectivity index (χ1) is 9.63. The Balaban J connectivity index is 1.99. The van der Waals surface area contributed by atoms with Gasteiger partial charge in [-0.3, -0.25) is 0 Å². The number of pyridine rings is 1. The zero-order valence-electron chi connectivity index (χ0n) is 10.4. The second-order valence-corrected chi connectivity index (χ2v) is 4.78. The van der Waals surface area contributed by atoms with E-state index in [2.05, 4.69) is 10.3 Å². The van der Waals surface area contributed by atoms with Gasteiger partial charge in [-0.05, 0) is 42.5 Å². The third-order valence-corrected chi connectivity index (χ3v) is 3.22. The molecular formula is C15H11ClFN3. The third kappa shape index (κ3) is 2.38. The van der Waals surface area contributed by atoms with Crippen molar-refractivity contribution in [1.29, 1.82) is 0 Å². The van der Waals surface area contributed by atoms with Crippen molar-refractivity contribution in [3.8, 4) is 0 Å². The Morgan fingerprint density at radius 3 is 2.80 bits per heavy atom. The van der Waals surface area contributed by atoms with Gasteiger partial charge in [-0.2, -0.15) is 0 Å². The SMILES string of the molecule is Nc1ccc2nc(Nc3cccc(Cl)c3F)ccc2c1. The number of nitrogens with two attached hydrogens (primary N) is 1. The molecule has 3 rings (SSSR count). The van der Waals surface area contributed by atoms with Gasteiger partial charge >= 0.3 is 0 Å². The minimum atomic E-state index is -0.492. The maximum atomic E-state index is 13.8. The van der Waals surface area contributed by atoms with E-state index in [1.807, 2.05) is 18.2 Å². The number of nitrogens with zero attached hydrogens (tertiary/aromatic N) is 1. The standard InChI is InChI=1S/C15H11ClFN3/c16-11-2-1-3-13(15(11)17)20-14-7-4-9-8-10(18)5-6-12(9)19-14/h1-8H,18H2,(H,19,20). The van der Waals surface area contributed by atoms with Gasteiger partial charge in [0.1, 0.15) is 5.82 Å². The Morgan fingerprint density at radius 2 is 1.95 bits per heavy atom. The van der Waals surface area contributed by atoms with Gasteiger partial charge in [0.05, 0.1) is 16.2 Å². The van der Waals surface area contributed by atoms with Gasteiger partial charge in [0.15, 0.2) is 5.82 Å². The van der Waals surface area contributed by atoms with Gasteiger partial charge in [-0.15, -0.1) is 0 Å². The van der Waals surface area contributed by atoms with Gasteiger partial charge in [0, 0.05) is 11.1 Å². The fraction of sp³-hybridized carbons (Fsp3) is 0. The number of nitrogens with one attached hydrogen (secondary N) is 1. The Hall–Kier alpha value is -2.33. The second kappa shape index (κ2) is 4.98. The smallest absolute Gasteiger partial charge is 0.165 e. The summed E-state index contributed by atoms with van der Waals surface area (Å²) in [6, 6.07) is 13.9. The van der Waals surface area contributed by atoms with Crippen molar-refractivity contribution < 1.29 is 4.39 Å². The van der Waals surface area contributed by atoms with Crippen LogP contribution in [0.4, 0.5) is 21.6 Å². The number of hydrogen-bond donors (Lipinski definition) is 2. The molecular weight excluding hydrogens is 277 g/mol. The third-order valence-electron chi connectivity index (χ3n) is 2.93. The van der Waals surface area contributed by atoms with Gasteiger partial charge in [0.2, 0.25) is 0 Å². The molecule has 100 valence electrons. The van der Waals surface area contributed by atoms with Crippen molar-refractivity contribution in [2.24, 2.45) is 0 Å². The fourth-order valence-corrected chi connectivity index (χ4v) is 2.13. The molecule has 1 heterocycles. The number of halogens is 2. The van der Waals surface area contributed by atoms with Gasteiger partial charge in [-0.25, -0.2) is 9.37 Å². The maximum Gasteiger partial charge on any atom is 0.165 e. The number of rotatable bonds is 2. The molecule has 0 radical (unpaired) electrons. The van der Waals surface area contributed by atoms with Crippen molar-refractivity contribution in [2.75, 3.05) is 11.1 Å². The molecule has 0 atom stereocenters. The molecule has 3 aromatic rings. The average Bonchev–Trinajstić information content (AvgIpc) is 2.44. The summed E-state index contributed by atoms with van der Waals surface area (Å²) in [5, 5.41) is 3.92. The van der Waals surface area contributed by atoms with Gasteiger partial charge in [0.25, 0.3) is 0 Å². The normalized spacial score (nSPS) is 10.7. The summed E-state index contributed by atoms with van der Waals surface area (Å²) in [6.45, 7) is 0. The average molecular weight is 288 g/mol. The van der Waals surface area contributed by atoms with E-state index < -0.39 is 5.82 Å². The van der Waals surface area contributed by atoms with Crippen LogP contribution in [0.25, 0.3) is 10.9 Å². The second-order valence-electron chi connectivity index (χ2n) is 4.38. The fourth-order valence-electron chi connectivity index (χ4n) is 1.95. The van der Waals surface area contributed by atoms with E-state index in [1.165, 1.54) is 6.07 Å². The lowest BCUT2D eigenvalue weighted by Gasteiger charge is -2.08. The molecule has 0 saturated carbocycles. The van der Waals surface area contributed by atoms with Crippen LogP contribution in [0.2, 0.25) is 5.02 Å². The minimum absolute atomic E-state index is 0.0727. The van der Waals surface area contributed by atoms with Crippen LogP contribution in [0.5, 0.6) is 0 Å².